The van der Waals surface area contributed by atoms with Crippen LogP contribution in [0.15, 0.2) is 30.3 Å². The number of hydrogen-bond donors (Lipinski definition) is 1. The molecule has 3 nitrogen and oxygen atoms in total. The SMILES string of the molecule is CCNC(CCS(C)(=O)=O)Cc1ccccc1. The number of nitrogens with one attached hydrogen (secondary N) is 1. The molecule has 4 heteroatoms. The van der Waals surface area contributed by atoms with E-state index in [1.54, 1.807) is 0 Å². The molecule has 1 unspecified atom stereocenters. The van der Waals surface area contributed by atoms with Gasteiger partial charge in [0.25, 0.3) is 0 Å². The van der Waals surface area contributed by atoms with E-state index in [1.807, 2.05) is 25.1 Å². The molecule has 0 amide bonds. The summed E-state index contributed by atoms with van der Waals surface area (Å²) >= 11 is 0. The monoisotopic (exact) mass is 255 g/mol. The summed E-state index contributed by atoms with van der Waals surface area (Å²) in [6, 6.07) is 10.4. The summed E-state index contributed by atoms with van der Waals surface area (Å²) in [5.74, 6) is 0.248. The van der Waals surface area contributed by atoms with E-state index in [9.17, 15) is 8.42 Å². The molecule has 0 fully saturated rings. The Kier molecular flexibility index (Phi) is 5.65. The molecule has 1 rings (SSSR count). The van der Waals surface area contributed by atoms with E-state index in [0.717, 1.165) is 13.0 Å². The second kappa shape index (κ2) is 6.77. The van der Waals surface area contributed by atoms with Crippen molar-refractivity contribution >= 4 is 9.84 Å². The van der Waals surface area contributed by atoms with E-state index in [-0.39, 0.29) is 11.8 Å². The fourth-order valence-electron chi connectivity index (χ4n) is 1.82. The minimum atomic E-state index is -2.87. The zero-order chi connectivity index (χ0) is 12.7. The minimum Gasteiger partial charge on any atom is -0.314 e. The van der Waals surface area contributed by atoms with Gasteiger partial charge in [-0.25, -0.2) is 8.42 Å². The topological polar surface area (TPSA) is 46.2 Å². The van der Waals surface area contributed by atoms with Crippen molar-refractivity contribution in [2.45, 2.75) is 25.8 Å². The summed E-state index contributed by atoms with van der Waals surface area (Å²) in [7, 11) is -2.87. The smallest absolute Gasteiger partial charge is 0.147 e. The van der Waals surface area contributed by atoms with Crippen LogP contribution in [0.1, 0.15) is 18.9 Å². The molecule has 0 aromatic heterocycles. The van der Waals surface area contributed by atoms with Gasteiger partial charge >= 0.3 is 0 Å². The molecule has 0 radical (unpaired) electrons. The number of sulfone groups is 1. The Morgan fingerprint density at radius 1 is 1.24 bits per heavy atom. The van der Waals surface area contributed by atoms with Gasteiger partial charge in [0, 0.05) is 12.3 Å². The fourth-order valence-corrected chi connectivity index (χ4v) is 2.53. The van der Waals surface area contributed by atoms with Crippen LogP contribution in [-0.4, -0.2) is 33.0 Å². The fraction of sp³-hybridized carbons (Fsp3) is 0.538. The third kappa shape index (κ3) is 6.44. The first-order valence-corrected chi connectivity index (χ1v) is 8.02. The summed E-state index contributed by atoms with van der Waals surface area (Å²) in [5.41, 5.74) is 1.24. The van der Waals surface area contributed by atoms with Crippen molar-refractivity contribution in [2.75, 3.05) is 18.6 Å². The molecule has 0 aliphatic carbocycles. The Morgan fingerprint density at radius 3 is 2.41 bits per heavy atom. The van der Waals surface area contributed by atoms with Gasteiger partial charge in [0.1, 0.15) is 9.84 Å². The van der Waals surface area contributed by atoms with Crippen LogP contribution in [0.5, 0.6) is 0 Å². The summed E-state index contributed by atoms with van der Waals surface area (Å²) in [5, 5.41) is 3.34. The zero-order valence-electron chi connectivity index (χ0n) is 10.5. The Morgan fingerprint density at radius 2 is 1.88 bits per heavy atom. The Balaban J connectivity index is 2.54. The summed E-state index contributed by atoms with van der Waals surface area (Å²) in [4.78, 5) is 0. The molecule has 0 saturated carbocycles. The van der Waals surface area contributed by atoms with Gasteiger partial charge in [0.15, 0.2) is 0 Å². The summed E-state index contributed by atoms with van der Waals surface area (Å²) in [6.07, 6.45) is 2.84. The molecular formula is C13H21NO2S. The van der Waals surface area contributed by atoms with Gasteiger partial charge in [-0.2, -0.15) is 0 Å². The quantitative estimate of drug-likeness (QED) is 0.805. The molecule has 1 aromatic rings. The van der Waals surface area contributed by atoms with Crippen molar-refractivity contribution < 1.29 is 8.42 Å². The predicted molar refractivity (Wildman–Crippen MR) is 71.9 cm³/mol. The molecule has 1 atom stereocenters. The van der Waals surface area contributed by atoms with Gasteiger partial charge in [0.05, 0.1) is 5.75 Å². The Hall–Kier alpha value is -0.870. The van der Waals surface area contributed by atoms with E-state index in [2.05, 4.69) is 17.4 Å². The molecule has 0 spiro atoms. The minimum absolute atomic E-state index is 0.233. The highest BCUT2D eigenvalue weighted by atomic mass is 32.2. The highest BCUT2D eigenvalue weighted by Gasteiger charge is 2.11. The largest absolute Gasteiger partial charge is 0.314 e. The van der Waals surface area contributed by atoms with Crippen LogP contribution in [0.4, 0.5) is 0 Å². The number of rotatable bonds is 7. The molecule has 0 aliphatic heterocycles. The molecular weight excluding hydrogens is 234 g/mol. The van der Waals surface area contributed by atoms with Crippen molar-refractivity contribution in [2.24, 2.45) is 0 Å². The maximum atomic E-state index is 11.2. The highest BCUT2D eigenvalue weighted by molar-refractivity contribution is 7.90. The van der Waals surface area contributed by atoms with Crippen molar-refractivity contribution in [1.82, 2.24) is 5.32 Å². The molecule has 0 aliphatic rings. The van der Waals surface area contributed by atoms with E-state index >= 15 is 0 Å². The summed E-state index contributed by atoms with van der Waals surface area (Å²) < 4.78 is 22.3. The van der Waals surface area contributed by atoms with Crippen LogP contribution in [0.2, 0.25) is 0 Å². The Bertz CT molecular complexity index is 414. The second-order valence-corrected chi connectivity index (χ2v) is 6.62. The molecule has 1 aromatic carbocycles. The number of benzene rings is 1. The Labute approximate surface area is 104 Å². The lowest BCUT2D eigenvalue weighted by atomic mass is 10.0. The molecule has 0 bridgehead atoms. The van der Waals surface area contributed by atoms with Crippen LogP contribution in [0.3, 0.4) is 0 Å². The van der Waals surface area contributed by atoms with Crippen molar-refractivity contribution in [3.05, 3.63) is 35.9 Å². The second-order valence-electron chi connectivity index (χ2n) is 4.36. The maximum absolute atomic E-state index is 11.2. The molecule has 0 saturated heterocycles. The highest BCUT2D eigenvalue weighted by Crippen LogP contribution is 2.07. The number of likely N-dealkylation sites (N-methyl/N-ethyl adjacent to an activating group) is 1. The molecule has 96 valence electrons. The third-order valence-corrected chi connectivity index (χ3v) is 3.63. The van der Waals surface area contributed by atoms with Crippen LogP contribution in [0, 0.1) is 0 Å². The van der Waals surface area contributed by atoms with Crippen LogP contribution in [-0.2, 0) is 16.3 Å². The van der Waals surface area contributed by atoms with E-state index in [0.29, 0.717) is 6.42 Å². The van der Waals surface area contributed by atoms with Gasteiger partial charge in [-0.15, -0.1) is 0 Å². The lowest BCUT2D eigenvalue weighted by Crippen LogP contribution is -2.32. The number of hydrogen-bond acceptors (Lipinski definition) is 3. The van der Waals surface area contributed by atoms with Crippen molar-refractivity contribution in [3.63, 3.8) is 0 Å². The standard InChI is InChI=1S/C13H21NO2S/c1-3-14-13(9-10-17(2,15)16)11-12-7-5-4-6-8-12/h4-8,13-14H,3,9-11H2,1-2H3. The average Bonchev–Trinajstić information content (AvgIpc) is 2.27. The van der Waals surface area contributed by atoms with Gasteiger partial charge < -0.3 is 5.32 Å². The molecule has 0 heterocycles. The van der Waals surface area contributed by atoms with Crippen LogP contribution >= 0.6 is 0 Å². The first kappa shape index (κ1) is 14.2. The van der Waals surface area contributed by atoms with E-state index in [4.69, 9.17) is 0 Å². The normalized spacial score (nSPS) is 13.5. The van der Waals surface area contributed by atoms with Gasteiger partial charge in [-0.3, -0.25) is 0 Å². The van der Waals surface area contributed by atoms with Crippen molar-refractivity contribution in [3.8, 4) is 0 Å². The first-order valence-electron chi connectivity index (χ1n) is 5.96. The maximum Gasteiger partial charge on any atom is 0.147 e. The van der Waals surface area contributed by atoms with E-state index in [1.165, 1.54) is 11.8 Å². The lowest BCUT2D eigenvalue weighted by molar-refractivity contribution is 0.506. The summed E-state index contributed by atoms with van der Waals surface area (Å²) in [6.45, 7) is 2.90. The van der Waals surface area contributed by atoms with Crippen LogP contribution in [0.25, 0.3) is 0 Å². The van der Waals surface area contributed by atoms with Gasteiger partial charge in [0.2, 0.25) is 0 Å². The zero-order valence-corrected chi connectivity index (χ0v) is 11.3. The van der Waals surface area contributed by atoms with Gasteiger partial charge in [-0.1, -0.05) is 37.3 Å². The average molecular weight is 255 g/mol. The van der Waals surface area contributed by atoms with E-state index < -0.39 is 9.84 Å². The molecule has 17 heavy (non-hydrogen) atoms. The van der Waals surface area contributed by atoms with Gasteiger partial charge in [-0.05, 0) is 24.9 Å². The third-order valence-electron chi connectivity index (χ3n) is 2.65. The first-order chi connectivity index (χ1) is 8.01. The predicted octanol–water partition coefficient (Wildman–Crippen LogP) is 1.64. The van der Waals surface area contributed by atoms with Crippen LogP contribution < -0.4 is 5.32 Å². The lowest BCUT2D eigenvalue weighted by Gasteiger charge is -2.17. The molecule has 1 N–H and O–H groups in total. The van der Waals surface area contributed by atoms with Crippen molar-refractivity contribution in [1.29, 1.82) is 0 Å².